The van der Waals surface area contributed by atoms with Crippen LogP contribution in [0, 0.1) is 0 Å². The molecule has 0 N–H and O–H groups in total. The fourth-order valence-corrected chi connectivity index (χ4v) is 2.73. The Morgan fingerprint density at radius 3 is 2.24 bits per heavy atom. The number of hydrogen-bond acceptors (Lipinski definition) is 2. The van der Waals surface area contributed by atoms with Crippen molar-refractivity contribution in [2.45, 2.75) is 12.5 Å². The highest BCUT2D eigenvalue weighted by Gasteiger charge is 2.27. The van der Waals surface area contributed by atoms with E-state index >= 15 is 0 Å². The third kappa shape index (κ3) is 3.29. The molecule has 2 aromatic rings. The molecule has 21 heavy (non-hydrogen) atoms. The van der Waals surface area contributed by atoms with Gasteiger partial charge in [-0.25, -0.2) is 0 Å². The molecule has 0 amide bonds. The van der Waals surface area contributed by atoms with Crippen molar-refractivity contribution in [2.24, 2.45) is 5.10 Å². The second kappa shape index (κ2) is 6.33. The zero-order valence-corrected chi connectivity index (χ0v) is 12.8. The van der Waals surface area contributed by atoms with Crippen molar-refractivity contribution >= 4 is 34.6 Å². The van der Waals surface area contributed by atoms with Gasteiger partial charge in [0.1, 0.15) is 4.49 Å². The van der Waals surface area contributed by atoms with Gasteiger partial charge in [-0.15, -0.1) is 0 Å². The molecule has 1 aliphatic rings. The summed E-state index contributed by atoms with van der Waals surface area (Å²) in [5, 5.41) is 6.72. The largest absolute Gasteiger partial charge is 0.258 e. The van der Waals surface area contributed by atoms with Crippen molar-refractivity contribution in [1.82, 2.24) is 0 Å². The Morgan fingerprint density at radius 2 is 1.62 bits per heavy atom. The summed E-state index contributed by atoms with van der Waals surface area (Å²) >= 11 is 11.7. The molecule has 0 spiro atoms. The molecular formula is C17H14Cl2N2. The predicted molar refractivity (Wildman–Crippen MR) is 90.1 cm³/mol. The average molecular weight is 317 g/mol. The summed E-state index contributed by atoms with van der Waals surface area (Å²) in [6.07, 6.45) is 2.61. The van der Waals surface area contributed by atoms with Gasteiger partial charge in [0.05, 0.1) is 17.4 Å². The molecule has 4 heteroatoms. The summed E-state index contributed by atoms with van der Waals surface area (Å²) in [5.41, 5.74) is 3.19. The Hall–Kier alpha value is -1.77. The van der Waals surface area contributed by atoms with E-state index in [0.29, 0.717) is 0 Å². The summed E-state index contributed by atoms with van der Waals surface area (Å²) in [7, 11) is 0. The van der Waals surface area contributed by atoms with Crippen molar-refractivity contribution < 1.29 is 0 Å². The first-order valence-corrected chi connectivity index (χ1v) is 7.49. The smallest absolute Gasteiger partial charge is 0.105 e. The van der Waals surface area contributed by atoms with Gasteiger partial charge in [0, 0.05) is 6.42 Å². The molecule has 1 heterocycles. The van der Waals surface area contributed by atoms with Gasteiger partial charge in [-0.2, -0.15) is 5.10 Å². The van der Waals surface area contributed by atoms with E-state index < -0.39 is 0 Å². The number of para-hydroxylation sites is 1. The molecule has 1 unspecified atom stereocenters. The molecule has 0 aliphatic carbocycles. The number of hydrogen-bond donors (Lipinski definition) is 0. The van der Waals surface area contributed by atoms with Crippen LogP contribution in [0.15, 0.2) is 76.3 Å². The lowest BCUT2D eigenvalue weighted by atomic mass is 10.0. The van der Waals surface area contributed by atoms with Crippen molar-refractivity contribution in [1.29, 1.82) is 0 Å². The first-order valence-electron chi connectivity index (χ1n) is 6.74. The highest BCUT2D eigenvalue weighted by molar-refractivity contribution is 6.55. The molecule has 2 nitrogen and oxygen atoms in total. The van der Waals surface area contributed by atoms with Gasteiger partial charge >= 0.3 is 0 Å². The quantitative estimate of drug-likeness (QED) is 0.779. The lowest BCUT2D eigenvalue weighted by molar-refractivity contribution is 0.788. The van der Waals surface area contributed by atoms with Crippen LogP contribution in [0.5, 0.6) is 0 Å². The predicted octanol–water partition coefficient (Wildman–Crippen LogP) is 4.99. The summed E-state index contributed by atoms with van der Waals surface area (Å²) in [5.74, 6) is 0. The van der Waals surface area contributed by atoms with Crippen molar-refractivity contribution in [3.8, 4) is 0 Å². The standard InChI is InChI=1S/C17H14Cl2N2/c18-17(19)12-15-11-16(13-7-3-1-4-8-13)20-21(15)14-9-5-2-6-10-14/h1-10,12,15H,11H2. The first kappa shape index (κ1) is 14.2. The zero-order chi connectivity index (χ0) is 14.7. The lowest BCUT2D eigenvalue weighted by Gasteiger charge is -2.20. The van der Waals surface area contributed by atoms with E-state index in [9.17, 15) is 0 Å². The fraction of sp³-hybridized carbons (Fsp3) is 0.118. The van der Waals surface area contributed by atoms with E-state index in [4.69, 9.17) is 28.3 Å². The van der Waals surface area contributed by atoms with Crippen LogP contribution in [0.3, 0.4) is 0 Å². The van der Waals surface area contributed by atoms with E-state index in [2.05, 4.69) is 12.1 Å². The van der Waals surface area contributed by atoms with Gasteiger partial charge < -0.3 is 0 Å². The number of anilines is 1. The van der Waals surface area contributed by atoms with Crippen molar-refractivity contribution in [3.05, 3.63) is 76.8 Å². The molecule has 3 rings (SSSR count). The molecule has 0 saturated carbocycles. The summed E-state index contributed by atoms with van der Waals surface area (Å²) < 4.78 is 0.269. The third-order valence-corrected chi connectivity index (χ3v) is 3.64. The van der Waals surface area contributed by atoms with E-state index in [0.717, 1.165) is 23.4 Å². The van der Waals surface area contributed by atoms with Gasteiger partial charge in [-0.05, 0) is 23.8 Å². The summed E-state index contributed by atoms with van der Waals surface area (Å²) in [4.78, 5) is 0. The number of nitrogens with zero attached hydrogens (tertiary/aromatic N) is 2. The van der Waals surface area contributed by atoms with E-state index in [1.54, 1.807) is 0 Å². The maximum Gasteiger partial charge on any atom is 0.105 e. The number of hydrazone groups is 1. The Labute approximate surface area is 134 Å². The lowest BCUT2D eigenvalue weighted by Crippen LogP contribution is -2.24. The summed E-state index contributed by atoms with van der Waals surface area (Å²) in [6.45, 7) is 0. The number of rotatable bonds is 3. The minimum atomic E-state index is 0.0348. The SMILES string of the molecule is ClC(Cl)=CC1CC(c2ccccc2)=NN1c1ccccc1. The van der Waals surface area contributed by atoms with Crippen LogP contribution in [0.1, 0.15) is 12.0 Å². The van der Waals surface area contributed by atoms with Gasteiger partial charge in [0.2, 0.25) is 0 Å². The molecule has 0 bridgehead atoms. The Kier molecular flexibility index (Phi) is 4.28. The van der Waals surface area contributed by atoms with E-state index in [-0.39, 0.29) is 10.5 Å². The molecule has 0 aromatic heterocycles. The fourth-order valence-electron chi connectivity index (χ4n) is 2.44. The Morgan fingerprint density at radius 1 is 1.00 bits per heavy atom. The highest BCUT2D eigenvalue weighted by atomic mass is 35.5. The van der Waals surface area contributed by atoms with Crippen LogP contribution >= 0.6 is 23.2 Å². The monoisotopic (exact) mass is 316 g/mol. The van der Waals surface area contributed by atoms with Crippen LogP contribution in [-0.2, 0) is 0 Å². The van der Waals surface area contributed by atoms with Crippen LogP contribution in [0.25, 0.3) is 0 Å². The van der Waals surface area contributed by atoms with Gasteiger partial charge in [-0.1, -0.05) is 71.7 Å². The third-order valence-electron chi connectivity index (χ3n) is 3.39. The summed E-state index contributed by atoms with van der Waals surface area (Å²) in [6, 6.07) is 20.2. The highest BCUT2D eigenvalue weighted by Crippen LogP contribution is 2.28. The van der Waals surface area contributed by atoms with Crippen molar-refractivity contribution in [3.63, 3.8) is 0 Å². The number of benzene rings is 2. The molecule has 0 fully saturated rings. The first-order chi connectivity index (χ1) is 10.2. The minimum absolute atomic E-state index is 0.0348. The van der Waals surface area contributed by atoms with E-state index in [1.165, 1.54) is 0 Å². The van der Waals surface area contributed by atoms with Gasteiger partial charge in [-0.3, -0.25) is 5.01 Å². The van der Waals surface area contributed by atoms with Gasteiger partial charge in [0.15, 0.2) is 0 Å². The average Bonchev–Trinajstić information content (AvgIpc) is 2.92. The van der Waals surface area contributed by atoms with E-state index in [1.807, 2.05) is 59.6 Å². The molecule has 1 atom stereocenters. The van der Waals surface area contributed by atoms with Crippen LogP contribution in [0.4, 0.5) is 5.69 Å². The molecule has 2 aromatic carbocycles. The van der Waals surface area contributed by atoms with Crippen LogP contribution in [-0.4, -0.2) is 11.8 Å². The maximum absolute atomic E-state index is 5.85. The molecule has 0 radical (unpaired) electrons. The molecule has 1 aliphatic heterocycles. The molecular weight excluding hydrogens is 303 g/mol. The maximum atomic E-state index is 5.85. The van der Waals surface area contributed by atoms with Crippen LogP contribution in [0.2, 0.25) is 0 Å². The van der Waals surface area contributed by atoms with Crippen molar-refractivity contribution in [2.75, 3.05) is 5.01 Å². The minimum Gasteiger partial charge on any atom is -0.258 e. The normalized spacial score (nSPS) is 17.5. The second-order valence-electron chi connectivity index (χ2n) is 4.82. The Bertz CT molecular complexity index is 662. The van der Waals surface area contributed by atoms with Crippen LogP contribution < -0.4 is 5.01 Å². The zero-order valence-electron chi connectivity index (χ0n) is 11.3. The molecule has 0 saturated heterocycles. The van der Waals surface area contributed by atoms with Gasteiger partial charge in [0.25, 0.3) is 0 Å². The second-order valence-corrected chi connectivity index (χ2v) is 5.83. The molecule has 106 valence electrons. The Balaban J connectivity index is 1.97. The number of halogens is 2. The topological polar surface area (TPSA) is 15.6 Å².